The number of carbonyl (C=O) groups is 1. The van der Waals surface area contributed by atoms with Crippen LogP contribution in [-0.4, -0.2) is 21.9 Å². The molecule has 1 aromatic rings. The van der Waals surface area contributed by atoms with Gasteiger partial charge in [0.2, 0.25) is 0 Å². The highest BCUT2D eigenvalue weighted by Crippen LogP contribution is 2.26. The van der Waals surface area contributed by atoms with Crippen LogP contribution in [0.1, 0.15) is 19.4 Å². The van der Waals surface area contributed by atoms with Gasteiger partial charge in [-0.05, 0) is 19.1 Å². The molecule has 0 heterocycles. The topological polar surface area (TPSA) is 79.1 Å². The van der Waals surface area contributed by atoms with Crippen LogP contribution in [0.15, 0.2) is 23.4 Å². The zero-order valence-electron chi connectivity index (χ0n) is 8.39. The van der Waals surface area contributed by atoms with Gasteiger partial charge in [-0.1, -0.05) is 11.2 Å². The molecule has 0 aromatic heterocycles. The number of carbonyl (C=O) groups excluding carboxylic acids is 1. The Kier molecular flexibility index (Phi) is 3.28. The van der Waals surface area contributed by atoms with Crippen molar-refractivity contribution in [1.82, 2.24) is 0 Å². The lowest BCUT2D eigenvalue weighted by atomic mass is 10.1. The molecule has 1 aromatic carbocycles. The summed E-state index contributed by atoms with van der Waals surface area (Å²) < 4.78 is 0. The smallest absolute Gasteiger partial charge is 0.331 e. The average Bonchev–Trinajstić information content (AvgIpc) is 2.14. The van der Waals surface area contributed by atoms with E-state index in [1.165, 1.54) is 32.0 Å². The number of rotatable bonds is 2. The monoisotopic (exact) mass is 209 g/mol. The number of nitrogens with zero attached hydrogens (tertiary/aromatic N) is 1. The number of phenols is 2. The highest BCUT2D eigenvalue weighted by atomic mass is 16.7. The number of oxime groups is 1. The molecule has 0 aliphatic carbocycles. The molecule has 0 unspecified atom stereocenters. The molecular weight excluding hydrogens is 198 g/mol. The highest BCUT2D eigenvalue weighted by Gasteiger charge is 2.10. The van der Waals surface area contributed by atoms with Gasteiger partial charge >= 0.3 is 5.97 Å². The van der Waals surface area contributed by atoms with Crippen LogP contribution in [0.4, 0.5) is 0 Å². The zero-order chi connectivity index (χ0) is 11.4. The van der Waals surface area contributed by atoms with Gasteiger partial charge in [-0.2, -0.15) is 0 Å². The van der Waals surface area contributed by atoms with Gasteiger partial charge in [0.25, 0.3) is 0 Å². The molecule has 0 saturated heterocycles. The Balaban J connectivity index is 3.05. The minimum Gasteiger partial charge on any atom is -0.507 e. The molecule has 0 bridgehead atoms. The van der Waals surface area contributed by atoms with Crippen molar-refractivity contribution < 1.29 is 19.8 Å². The van der Waals surface area contributed by atoms with E-state index in [-0.39, 0.29) is 22.8 Å². The first-order chi connectivity index (χ1) is 7.02. The summed E-state index contributed by atoms with van der Waals surface area (Å²) in [5.74, 6) is -0.809. The Labute approximate surface area is 86.6 Å². The van der Waals surface area contributed by atoms with Crippen LogP contribution in [0, 0.1) is 0 Å². The number of aromatic hydroxyl groups is 2. The van der Waals surface area contributed by atoms with Gasteiger partial charge in [0.15, 0.2) is 0 Å². The lowest BCUT2D eigenvalue weighted by Crippen LogP contribution is -2.00. The molecule has 0 fully saturated rings. The third-order valence-corrected chi connectivity index (χ3v) is 1.69. The predicted octanol–water partition coefficient (Wildman–Crippen LogP) is 1.38. The Bertz CT molecular complexity index is 392. The molecule has 5 heteroatoms. The third kappa shape index (κ3) is 2.70. The van der Waals surface area contributed by atoms with Gasteiger partial charge in [-0.3, -0.25) is 0 Å². The predicted molar refractivity (Wildman–Crippen MR) is 53.7 cm³/mol. The first-order valence-corrected chi connectivity index (χ1v) is 4.26. The Morgan fingerprint density at radius 2 is 1.80 bits per heavy atom. The van der Waals surface area contributed by atoms with Crippen LogP contribution in [0.25, 0.3) is 0 Å². The first-order valence-electron chi connectivity index (χ1n) is 4.26. The average molecular weight is 209 g/mol. The van der Waals surface area contributed by atoms with Gasteiger partial charge in [-0.15, -0.1) is 0 Å². The second kappa shape index (κ2) is 4.45. The molecule has 0 radical (unpaired) electrons. The van der Waals surface area contributed by atoms with Gasteiger partial charge < -0.3 is 15.1 Å². The minimum absolute atomic E-state index is 0.122. The Morgan fingerprint density at radius 3 is 2.27 bits per heavy atom. The molecule has 15 heavy (non-hydrogen) atoms. The molecule has 80 valence electrons. The number of hydrogen-bond donors (Lipinski definition) is 2. The third-order valence-electron chi connectivity index (χ3n) is 1.69. The van der Waals surface area contributed by atoms with Crippen LogP contribution >= 0.6 is 0 Å². The second-order valence-electron chi connectivity index (χ2n) is 2.93. The van der Waals surface area contributed by atoms with E-state index in [1.54, 1.807) is 0 Å². The van der Waals surface area contributed by atoms with Crippen molar-refractivity contribution in [3.05, 3.63) is 23.8 Å². The maximum absolute atomic E-state index is 10.5. The van der Waals surface area contributed by atoms with Crippen molar-refractivity contribution in [2.75, 3.05) is 0 Å². The number of phenolic OH excluding ortho intramolecular Hbond substituents is 2. The molecule has 0 aliphatic heterocycles. The molecule has 2 N–H and O–H groups in total. The van der Waals surface area contributed by atoms with Crippen LogP contribution < -0.4 is 0 Å². The van der Waals surface area contributed by atoms with Gasteiger partial charge in [0.1, 0.15) is 11.5 Å². The summed E-state index contributed by atoms with van der Waals surface area (Å²) in [6.45, 7) is 2.72. The van der Waals surface area contributed by atoms with Crippen LogP contribution in [0.3, 0.4) is 0 Å². The standard InChI is InChI=1S/C10H11NO4/c1-6(11-15-7(2)12)10-8(13)4-3-5-9(10)14/h3-5,13-14H,1-2H3. The summed E-state index contributed by atoms with van der Waals surface area (Å²) in [4.78, 5) is 14.9. The van der Waals surface area contributed by atoms with Crippen molar-refractivity contribution in [2.24, 2.45) is 5.16 Å². The van der Waals surface area contributed by atoms with Gasteiger partial charge in [0, 0.05) is 6.92 Å². The number of hydrogen-bond acceptors (Lipinski definition) is 5. The minimum atomic E-state index is -0.565. The maximum atomic E-state index is 10.5. The lowest BCUT2D eigenvalue weighted by Gasteiger charge is -2.05. The van der Waals surface area contributed by atoms with E-state index in [2.05, 4.69) is 9.99 Å². The van der Waals surface area contributed by atoms with Crippen molar-refractivity contribution in [2.45, 2.75) is 13.8 Å². The zero-order valence-corrected chi connectivity index (χ0v) is 8.39. The molecule has 1 rings (SSSR count). The molecule has 5 nitrogen and oxygen atoms in total. The summed E-state index contributed by atoms with van der Waals surface area (Å²) in [6, 6.07) is 4.30. The van der Waals surface area contributed by atoms with E-state index in [9.17, 15) is 15.0 Å². The molecular formula is C10H11NO4. The SMILES string of the molecule is CC(=O)ON=C(C)c1c(O)cccc1O. The summed E-state index contributed by atoms with van der Waals surface area (Å²) in [5, 5.41) is 22.4. The fourth-order valence-electron chi connectivity index (χ4n) is 1.08. The Hall–Kier alpha value is -2.04. The molecule has 0 aliphatic rings. The van der Waals surface area contributed by atoms with Crippen molar-refractivity contribution in [3.8, 4) is 11.5 Å². The van der Waals surface area contributed by atoms with Crippen LogP contribution in [0.5, 0.6) is 11.5 Å². The molecule has 0 atom stereocenters. The summed E-state index contributed by atoms with van der Waals surface area (Å²) in [7, 11) is 0. The van der Waals surface area contributed by atoms with E-state index >= 15 is 0 Å². The van der Waals surface area contributed by atoms with Gasteiger partial charge in [0.05, 0.1) is 11.3 Å². The van der Waals surface area contributed by atoms with E-state index in [0.29, 0.717) is 0 Å². The lowest BCUT2D eigenvalue weighted by molar-refractivity contribution is -0.140. The fourth-order valence-corrected chi connectivity index (χ4v) is 1.08. The van der Waals surface area contributed by atoms with Crippen molar-refractivity contribution in [1.29, 1.82) is 0 Å². The Morgan fingerprint density at radius 1 is 1.27 bits per heavy atom. The summed E-state index contributed by atoms with van der Waals surface area (Å²) in [6.07, 6.45) is 0. The highest BCUT2D eigenvalue weighted by molar-refractivity contribution is 6.03. The van der Waals surface area contributed by atoms with E-state index < -0.39 is 5.97 Å². The largest absolute Gasteiger partial charge is 0.507 e. The van der Waals surface area contributed by atoms with E-state index in [0.717, 1.165) is 0 Å². The van der Waals surface area contributed by atoms with Crippen molar-refractivity contribution in [3.63, 3.8) is 0 Å². The number of benzene rings is 1. The summed E-state index contributed by atoms with van der Waals surface area (Å²) >= 11 is 0. The fraction of sp³-hybridized carbons (Fsp3) is 0.200. The normalized spacial score (nSPS) is 11.2. The van der Waals surface area contributed by atoms with Gasteiger partial charge in [-0.25, -0.2) is 4.79 Å². The quantitative estimate of drug-likeness (QED) is 0.438. The van der Waals surface area contributed by atoms with Crippen molar-refractivity contribution >= 4 is 11.7 Å². The molecule has 0 spiro atoms. The first kappa shape index (κ1) is 11.0. The maximum Gasteiger partial charge on any atom is 0.331 e. The van der Waals surface area contributed by atoms with E-state index in [1.807, 2.05) is 0 Å². The van der Waals surface area contributed by atoms with E-state index in [4.69, 9.17) is 0 Å². The van der Waals surface area contributed by atoms with Crippen LogP contribution in [-0.2, 0) is 9.63 Å². The molecule has 0 saturated carbocycles. The molecule has 0 amide bonds. The van der Waals surface area contributed by atoms with Crippen LogP contribution in [0.2, 0.25) is 0 Å². The summed E-state index contributed by atoms with van der Waals surface area (Å²) in [5.41, 5.74) is 0.375. The second-order valence-corrected chi connectivity index (χ2v) is 2.93.